The lowest BCUT2D eigenvalue weighted by atomic mass is 10.1. The predicted molar refractivity (Wildman–Crippen MR) is 52.3 cm³/mol. The van der Waals surface area contributed by atoms with Crippen molar-refractivity contribution in [3.8, 4) is 5.88 Å². The molecule has 1 aromatic rings. The minimum Gasteiger partial charge on any atom is -0.387 e. The molecule has 4 N–H and O–H groups in total. The molecule has 0 fully saturated rings. The zero-order chi connectivity index (χ0) is 14.8. The van der Waals surface area contributed by atoms with Gasteiger partial charge in [-0.15, -0.1) is 13.2 Å². The van der Waals surface area contributed by atoms with Crippen LogP contribution in [0.2, 0.25) is 0 Å². The van der Waals surface area contributed by atoms with Gasteiger partial charge in [0.2, 0.25) is 5.88 Å². The summed E-state index contributed by atoms with van der Waals surface area (Å²) in [5.41, 5.74) is 7.96. The number of pyridine rings is 1. The molecule has 0 saturated heterocycles. The maximum atomic E-state index is 12.5. The molecule has 106 valence electrons. The van der Waals surface area contributed by atoms with E-state index in [1.54, 1.807) is 0 Å². The first-order chi connectivity index (χ1) is 8.65. The van der Waals surface area contributed by atoms with E-state index in [1.807, 2.05) is 0 Å². The number of carbonyl (C=O) groups is 1. The van der Waals surface area contributed by atoms with E-state index in [0.29, 0.717) is 6.07 Å². The highest BCUT2D eigenvalue weighted by molar-refractivity contribution is 5.96. The Bertz CT molecular complexity index is 489. The summed E-state index contributed by atoms with van der Waals surface area (Å²) in [4.78, 5) is 14.0. The number of alkyl halides is 5. The third-order valence-electron chi connectivity index (χ3n) is 1.99. The quantitative estimate of drug-likeness (QED) is 0.819. The number of amides is 1. The van der Waals surface area contributed by atoms with Crippen molar-refractivity contribution in [1.29, 1.82) is 0 Å². The van der Waals surface area contributed by atoms with Crippen molar-refractivity contribution in [2.45, 2.75) is 19.3 Å². The molecule has 0 spiro atoms. The number of halogens is 5. The van der Waals surface area contributed by atoms with E-state index in [2.05, 4.69) is 9.72 Å². The van der Waals surface area contributed by atoms with E-state index in [4.69, 9.17) is 11.5 Å². The third-order valence-corrected chi connectivity index (χ3v) is 1.99. The lowest BCUT2D eigenvalue weighted by Gasteiger charge is -2.14. The first kappa shape index (κ1) is 15.1. The monoisotopic (exact) mass is 285 g/mol. The molecule has 1 heterocycles. The topological polar surface area (TPSA) is 91.2 Å². The molecule has 10 heteroatoms. The first-order valence-corrected chi connectivity index (χ1v) is 4.73. The predicted octanol–water partition coefficient (Wildman–Crippen LogP) is 1.48. The summed E-state index contributed by atoms with van der Waals surface area (Å²) in [6, 6.07) is 0.702. The van der Waals surface area contributed by atoms with Crippen molar-refractivity contribution >= 4 is 5.91 Å². The van der Waals surface area contributed by atoms with Gasteiger partial charge in [-0.2, -0.15) is 0 Å². The molecule has 19 heavy (non-hydrogen) atoms. The van der Waals surface area contributed by atoms with E-state index in [9.17, 15) is 26.7 Å². The van der Waals surface area contributed by atoms with Crippen LogP contribution < -0.4 is 16.2 Å². The molecule has 1 amide bonds. The average molecular weight is 285 g/mol. The number of primary amides is 1. The van der Waals surface area contributed by atoms with Crippen LogP contribution in [-0.2, 0) is 6.54 Å². The highest BCUT2D eigenvalue weighted by Gasteiger charge is 2.35. The summed E-state index contributed by atoms with van der Waals surface area (Å²) < 4.78 is 64.7. The van der Waals surface area contributed by atoms with Gasteiger partial charge in [-0.3, -0.25) is 4.79 Å². The second-order valence-corrected chi connectivity index (χ2v) is 3.30. The number of carbonyl (C=O) groups excluding carboxylic acids is 1. The van der Waals surface area contributed by atoms with Gasteiger partial charge in [0, 0.05) is 6.54 Å². The second-order valence-electron chi connectivity index (χ2n) is 3.30. The maximum Gasteiger partial charge on any atom is 0.574 e. The smallest absolute Gasteiger partial charge is 0.387 e. The zero-order valence-corrected chi connectivity index (χ0v) is 9.17. The summed E-state index contributed by atoms with van der Waals surface area (Å²) in [6.07, 6.45) is -8.35. The van der Waals surface area contributed by atoms with E-state index in [0.717, 1.165) is 0 Å². The van der Waals surface area contributed by atoms with Gasteiger partial charge in [0.15, 0.2) is 0 Å². The fourth-order valence-corrected chi connectivity index (χ4v) is 1.31. The van der Waals surface area contributed by atoms with Gasteiger partial charge in [-0.05, 0) is 11.6 Å². The van der Waals surface area contributed by atoms with Crippen LogP contribution in [0.1, 0.15) is 28.0 Å². The highest BCUT2D eigenvalue weighted by atomic mass is 19.4. The fourth-order valence-electron chi connectivity index (χ4n) is 1.31. The van der Waals surface area contributed by atoms with Crippen LogP contribution in [0.5, 0.6) is 5.88 Å². The largest absolute Gasteiger partial charge is 0.574 e. The van der Waals surface area contributed by atoms with E-state index in [-0.39, 0.29) is 5.56 Å². The van der Waals surface area contributed by atoms with Gasteiger partial charge < -0.3 is 16.2 Å². The SMILES string of the molecule is NCc1cc(C(F)F)nc(OC(F)(F)F)c1C(N)=O. The van der Waals surface area contributed by atoms with Crippen LogP contribution in [0.25, 0.3) is 0 Å². The van der Waals surface area contributed by atoms with Crippen LogP contribution in [0.15, 0.2) is 6.07 Å². The Morgan fingerprint density at radius 1 is 1.42 bits per heavy atom. The van der Waals surface area contributed by atoms with Crippen molar-refractivity contribution in [1.82, 2.24) is 4.98 Å². The summed E-state index contributed by atoms with van der Waals surface area (Å²) in [5, 5.41) is 0. The summed E-state index contributed by atoms with van der Waals surface area (Å²) >= 11 is 0. The van der Waals surface area contributed by atoms with Crippen molar-refractivity contribution in [2.75, 3.05) is 0 Å². The van der Waals surface area contributed by atoms with Gasteiger partial charge in [0.1, 0.15) is 11.3 Å². The molecule has 0 aliphatic carbocycles. The van der Waals surface area contributed by atoms with Gasteiger partial charge in [-0.25, -0.2) is 13.8 Å². The molecular weight excluding hydrogens is 277 g/mol. The van der Waals surface area contributed by atoms with Gasteiger partial charge in [0.25, 0.3) is 12.3 Å². The lowest BCUT2D eigenvalue weighted by Crippen LogP contribution is -2.24. The standard InChI is InChI=1S/C9H8F5N3O2/c10-6(11)4-1-3(2-15)5(7(16)18)8(17-4)19-9(12,13)14/h1,6H,2,15H2,(H2,16,18). The molecule has 0 aliphatic heterocycles. The average Bonchev–Trinajstić information content (AvgIpc) is 2.24. The van der Waals surface area contributed by atoms with Crippen LogP contribution in [-0.4, -0.2) is 17.3 Å². The third kappa shape index (κ3) is 3.74. The Kier molecular flexibility index (Phi) is 4.24. The number of nitrogens with two attached hydrogens (primary N) is 2. The molecule has 0 radical (unpaired) electrons. The minimum absolute atomic E-state index is 0.308. The minimum atomic E-state index is -5.20. The van der Waals surface area contributed by atoms with Crippen molar-refractivity contribution in [2.24, 2.45) is 11.5 Å². The Balaban J connectivity index is 3.45. The number of hydrogen-bond donors (Lipinski definition) is 2. The molecule has 1 rings (SSSR count). The molecule has 1 aromatic heterocycles. The van der Waals surface area contributed by atoms with Crippen LogP contribution in [0.3, 0.4) is 0 Å². The van der Waals surface area contributed by atoms with Crippen LogP contribution in [0, 0.1) is 0 Å². The highest BCUT2D eigenvalue weighted by Crippen LogP contribution is 2.30. The number of rotatable bonds is 4. The summed E-state index contributed by atoms with van der Waals surface area (Å²) in [5.74, 6) is -2.65. The van der Waals surface area contributed by atoms with Crippen molar-refractivity contribution in [3.05, 3.63) is 22.9 Å². The Morgan fingerprint density at radius 2 is 2.00 bits per heavy atom. The molecule has 0 unspecified atom stereocenters. The Labute approximate surface area is 103 Å². The van der Waals surface area contributed by atoms with E-state index < -0.39 is 42.4 Å². The van der Waals surface area contributed by atoms with E-state index in [1.165, 1.54) is 0 Å². The van der Waals surface area contributed by atoms with Crippen LogP contribution >= 0.6 is 0 Å². The van der Waals surface area contributed by atoms with Crippen molar-refractivity contribution < 1.29 is 31.5 Å². The van der Waals surface area contributed by atoms with Crippen LogP contribution in [0.4, 0.5) is 22.0 Å². The summed E-state index contributed by atoms with van der Waals surface area (Å²) in [6.45, 7) is -0.477. The summed E-state index contributed by atoms with van der Waals surface area (Å²) in [7, 11) is 0. The molecule has 0 atom stereocenters. The molecule has 5 nitrogen and oxygen atoms in total. The number of nitrogens with zero attached hydrogens (tertiary/aromatic N) is 1. The molecular formula is C9H8F5N3O2. The second kappa shape index (κ2) is 5.34. The number of hydrogen-bond acceptors (Lipinski definition) is 4. The maximum absolute atomic E-state index is 12.5. The van der Waals surface area contributed by atoms with E-state index >= 15 is 0 Å². The lowest BCUT2D eigenvalue weighted by molar-refractivity contribution is -0.276. The number of ether oxygens (including phenoxy) is 1. The first-order valence-electron chi connectivity index (χ1n) is 4.73. The number of aromatic nitrogens is 1. The molecule has 0 aliphatic rings. The molecule has 0 saturated carbocycles. The van der Waals surface area contributed by atoms with Crippen molar-refractivity contribution in [3.63, 3.8) is 0 Å². The van der Waals surface area contributed by atoms with Gasteiger partial charge in [-0.1, -0.05) is 0 Å². The fraction of sp³-hybridized carbons (Fsp3) is 0.333. The zero-order valence-electron chi connectivity index (χ0n) is 9.17. The Hall–Kier alpha value is -1.97. The van der Waals surface area contributed by atoms with Gasteiger partial charge in [0.05, 0.1) is 0 Å². The normalized spacial score (nSPS) is 11.7. The Morgan fingerprint density at radius 3 is 2.37 bits per heavy atom. The molecule has 0 bridgehead atoms. The van der Waals surface area contributed by atoms with Gasteiger partial charge >= 0.3 is 6.36 Å². The molecule has 0 aromatic carbocycles.